The van der Waals surface area contributed by atoms with Crippen LogP contribution < -0.4 is 20.7 Å². The summed E-state index contributed by atoms with van der Waals surface area (Å²) in [5.74, 6) is 2.26. The monoisotopic (exact) mass is 356 g/mol. The Bertz CT molecular complexity index is 732. The molecule has 7 heteroatoms. The summed E-state index contributed by atoms with van der Waals surface area (Å²) < 4.78 is 5.50. The number of aromatic nitrogens is 2. The SMILES string of the molecule is CNc1cc(C)nc(Nc2ccc(OC)c(CNCCN3CCC3)c2)n1. The van der Waals surface area contributed by atoms with E-state index in [1.165, 1.54) is 19.5 Å². The van der Waals surface area contributed by atoms with Gasteiger partial charge in [-0.25, -0.2) is 4.98 Å². The molecule has 0 aliphatic carbocycles. The summed E-state index contributed by atoms with van der Waals surface area (Å²) in [6, 6.07) is 7.95. The summed E-state index contributed by atoms with van der Waals surface area (Å²) in [7, 11) is 3.55. The maximum atomic E-state index is 5.50. The van der Waals surface area contributed by atoms with E-state index in [-0.39, 0.29) is 0 Å². The summed E-state index contributed by atoms with van der Waals surface area (Å²) >= 11 is 0. The first-order chi connectivity index (χ1) is 12.7. The van der Waals surface area contributed by atoms with E-state index >= 15 is 0 Å². The van der Waals surface area contributed by atoms with Crippen molar-refractivity contribution in [1.82, 2.24) is 20.2 Å². The van der Waals surface area contributed by atoms with Gasteiger partial charge in [0.05, 0.1) is 7.11 Å². The molecule has 7 nitrogen and oxygen atoms in total. The van der Waals surface area contributed by atoms with Crippen molar-refractivity contribution in [3.63, 3.8) is 0 Å². The minimum atomic E-state index is 0.580. The van der Waals surface area contributed by atoms with Crippen LogP contribution in [0.4, 0.5) is 17.5 Å². The van der Waals surface area contributed by atoms with E-state index in [1.807, 2.05) is 32.2 Å². The van der Waals surface area contributed by atoms with Crippen molar-refractivity contribution in [2.45, 2.75) is 19.9 Å². The molecule has 2 heterocycles. The summed E-state index contributed by atoms with van der Waals surface area (Å²) in [5.41, 5.74) is 2.97. The lowest BCUT2D eigenvalue weighted by atomic mass is 10.1. The Kier molecular flexibility index (Phi) is 6.25. The molecule has 0 radical (unpaired) electrons. The van der Waals surface area contributed by atoms with E-state index in [0.29, 0.717) is 5.95 Å². The Balaban J connectivity index is 1.64. The summed E-state index contributed by atoms with van der Waals surface area (Å²) in [4.78, 5) is 11.3. The normalized spacial score (nSPS) is 14.0. The minimum absolute atomic E-state index is 0.580. The van der Waals surface area contributed by atoms with Gasteiger partial charge in [-0.05, 0) is 44.6 Å². The molecular weight excluding hydrogens is 328 g/mol. The first kappa shape index (κ1) is 18.4. The van der Waals surface area contributed by atoms with Gasteiger partial charge in [-0.2, -0.15) is 4.98 Å². The predicted octanol–water partition coefficient (Wildman–Crippen LogP) is 2.37. The fourth-order valence-corrected chi connectivity index (χ4v) is 2.94. The Morgan fingerprint density at radius 2 is 2.04 bits per heavy atom. The molecule has 140 valence electrons. The van der Waals surface area contributed by atoms with Gasteiger partial charge in [0.1, 0.15) is 11.6 Å². The lowest BCUT2D eigenvalue weighted by Crippen LogP contribution is -2.41. The number of rotatable bonds is 9. The zero-order chi connectivity index (χ0) is 18.4. The number of benzene rings is 1. The van der Waals surface area contributed by atoms with Gasteiger partial charge in [0.15, 0.2) is 0 Å². The second-order valence-electron chi connectivity index (χ2n) is 6.49. The number of hydrogen-bond donors (Lipinski definition) is 3. The van der Waals surface area contributed by atoms with Crippen molar-refractivity contribution in [2.75, 3.05) is 51.0 Å². The van der Waals surface area contributed by atoms with Crippen molar-refractivity contribution in [3.8, 4) is 5.75 Å². The first-order valence-electron chi connectivity index (χ1n) is 9.08. The van der Waals surface area contributed by atoms with Crippen LogP contribution in [0.15, 0.2) is 24.3 Å². The lowest BCUT2D eigenvalue weighted by Gasteiger charge is -2.30. The molecule has 1 saturated heterocycles. The third-order valence-electron chi connectivity index (χ3n) is 4.52. The number of methoxy groups -OCH3 is 1. The van der Waals surface area contributed by atoms with Gasteiger partial charge in [0.25, 0.3) is 0 Å². The highest BCUT2D eigenvalue weighted by atomic mass is 16.5. The van der Waals surface area contributed by atoms with Crippen LogP contribution in [-0.4, -0.2) is 55.2 Å². The molecular formula is C19H28N6O. The molecule has 3 N–H and O–H groups in total. The van der Waals surface area contributed by atoms with Gasteiger partial charge in [0.2, 0.25) is 5.95 Å². The van der Waals surface area contributed by atoms with Crippen molar-refractivity contribution in [2.24, 2.45) is 0 Å². The number of nitrogens with one attached hydrogen (secondary N) is 3. The number of aryl methyl sites for hydroxylation is 1. The zero-order valence-electron chi connectivity index (χ0n) is 15.8. The Hall–Kier alpha value is -2.38. The van der Waals surface area contributed by atoms with Gasteiger partial charge in [-0.15, -0.1) is 0 Å². The van der Waals surface area contributed by atoms with Crippen molar-refractivity contribution in [3.05, 3.63) is 35.5 Å². The van der Waals surface area contributed by atoms with Gasteiger partial charge >= 0.3 is 0 Å². The van der Waals surface area contributed by atoms with Gasteiger partial charge in [-0.1, -0.05) is 0 Å². The maximum Gasteiger partial charge on any atom is 0.229 e. The van der Waals surface area contributed by atoms with Crippen molar-refractivity contribution < 1.29 is 4.74 Å². The van der Waals surface area contributed by atoms with Gasteiger partial charge in [-0.3, -0.25) is 0 Å². The van der Waals surface area contributed by atoms with Crippen LogP contribution in [0.3, 0.4) is 0 Å². The fourth-order valence-electron chi connectivity index (χ4n) is 2.94. The average molecular weight is 356 g/mol. The molecule has 26 heavy (non-hydrogen) atoms. The standard InChI is InChI=1S/C19H28N6O/c1-14-11-18(20-2)24-19(22-14)23-16-5-6-17(26-3)15(12-16)13-21-7-10-25-8-4-9-25/h5-6,11-12,21H,4,7-10,13H2,1-3H3,(H2,20,22,23,24). The minimum Gasteiger partial charge on any atom is -0.496 e. The highest BCUT2D eigenvalue weighted by Gasteiger charge is 2.12. The van der Waals surface area contributed by atoms with Crippen LogP contribution in [0.1, 0.15) is 17.7 Å². The topological polar surface area (TPSA) is 74.3 Å². The highest BCUT2D eigenvalue weighted by molar-refractivity contribution is 5.58. The third-order valence-corrected chi connectivity index (χ3v) is 4.52. The second-order valence-corrected chi connectivity index (χ2v) is 6.49. The van der Waals surface area contributed by atoms with E-state index in [0.717, 1.165) is 48.1 Å². The molecule has 0 saturated carbocycles. The Labute approximate surface area is 155 Å². The maximum absolute atomic E-state index is 5.50. The molecule has 1 fully saturated rings. The number of hydrogen-bond acceptors (Lipinski definition) is 7. The molecule has 0 amide bonds. The number of ether oxygens (including phenoxy) is 1. The summed E-state index contributed by atoms with van der Waals surface area (Å²) in [6.45, 7) is 7.26. The number of anilines is 3. The van der Waals surface area contributed by atoms with E-state index in [2.05, 4.69) is 36.9 Å². The molecule has 1 aliphatic rings. The van der Waals surface area contributed by atoms with Crippen LogP contribution in [0, 0.1) is 6.92 Å². The van der Waals surface area contributed by atoms with Crippen LogP contribution in [0.5, 0.6) is 5.75 Å². The quantitative estimate of drug-likeness (QED) is 0.596. The Morgan fingerprint density at radius 3 is 2.73 bits per heavy atom. The van der Waals surface area contributed by atoms with Gasteiger partial charge < -0.3 is 25.6 Å². The van der Waals surface area contributed by atoms with E-state index < -0.39 is 0 Å². The van der Waals surface area contributed by atoms with E-state index in [9.17, 15) is 0 Å². The summed E-state index contributed by atoms with van der Waals surface area (Å²) in [6.07, 6.45) is 1.33. The lowest BCUT2D eigenvalue weighted by molar-refractivity contribution is 0.182. The first-order valence-corrected chi connectivity index (χ1v) is 9.08. The molecule has 0 bridgehead atoms. The molecule has 0 atom stereocenters. The number of nitrogens with zero attached hydrogens (tertiary/aromatic N) is 3. The van der Waals surface area contributed by atoms with Crippen LogP contribution in [-0.2, 0) is 6.54 Å². The van der Waals surface area contributed by atoms with E-state index in [1.54, 1.807) is 7.11 Å². The van der Waals surface area contributed by atoms with E-state index in [4.69, 9.17) is 4.74 Å². The molecule has 0 unspecified atom stereocenters. The third kappa shape index (κ3) is 4.83. The van der Waals surface area contributed by atoms with Crippen molar-refractivity contribution >= 4 is 17.5 Å². The largest absolute Gasteiger partial charge is 0.496 e. The highest BCUT2D eigenvalue weighted by Crippen LogP contribution is 2.24. The van der Waals surface area contributed by atoms with Crippen LogP contribution in [0.2, 0.25) is 0 Å². The smallest absolute Gasteiger partial charge is 0.229 e. The zero-order valence-corrected chi connectivity index (χ0v) is 15.8. The summed E-state index contributed by atoms with van der Waals surface area (Å²) in [5, 5.41) is 9.84. The molecule has 1 aromatic carbocycles. The molecule has 1 aliphatic heterocycles. The van der Waals surface area contributed by atoms with Crippen molar-refractivity contribution in [1.29, 1.82) is 0 Å². The second kappa shape index (κ2) is 8.82. The molecule has 2 aromatic rings. The number of likely N-dealkylation sites (tertiary alicyclic amines) is 1. The Morgan fingerprint density at radius 1 is 1.19 bits per heavy atom. The molecule has 1 aromatic heterocycles. The fraction of sp³-hybridized carbons (Fsp3) is 0.474. The predicted molar refractivity (Wildman–Crippen MR) is 105 cm³/mol. The van der Waals surface area contributed by atoms with Crippen LogP contribution in [0.25, 0.3) is 0 Å². The molecule has 0 spiro atoms. The van der Waals surface area contributed by atoms with Gasteiger partial charge in [0, 0.05) is 49.7 Å². The molecule has 3 rings (SSSR count). The van der Waals surface area contributed by atoms with Crippen LogP contribution >= 0.6 is 0 Å². The average Bonchev–Trinajstić information content (AvgIpc) is 2.59.